The summed E-state index contributed by atoms with van der Waals surface area (Å²) in [6, 6.07) is 0.633. The van der Waals surface area contributed by atoms with Gasteiger partial charge in [0.05, 0.1) is 0 Å². The zero-order valence-corrected chi connectivity index (χ0v) is 13.0. The maximum atomic E-state index is 4.43. The molecule has 0 saturated carbocycles. The molecule has 0 spiro atoms. The van der Waals surface area contributed by atoms with Crippen molar-refractivity contribution >= 4 is 0 Å². The number of aryl methyl sites for hydroxylation is 1. The summed E-state index contributed by atoms with van der Waals surface area (Å²) in [5.74, 6) is 1.86. The molecular weight excluding hydrogens is 236 g/mol. The van der Waals surface area contributed by atoms with Gasteiger partial charge in [-0.3, -0.25) is 4.90 Å². The number of hydrogen-bond donors (Lipinski definition) is 1. The Labute approximate surface area is 117 Å². The minimum atomic E-state index is 0.215. The molecule has 0 radical (unpaired) electrons. The lowest BCUT2D eigenvalue weighted by molar-refractivity contribution is 0.0699. The fourth-order valence-electron chi connectivity index (χ4n) is 2.97. The molecule has 1 aromatic rings. The summed E-state index contributed by atoms with van der Waals surface area (Å²) in [6.45, 7) is 12.5. The average molecular weight is 264 g/mol. The highest BCUT2D eigenvalue weighted by Crippen LogP contribution is 2.20. The first-order valence-electron chi connectivity index (χ1n) is 7.34. The number of imidazole rings is 1. The van der Waals surface area contributed by atoms with Gasteiger partial charge in [0.2, 0.25) is 0 Å². The Morgan fingerprint density at radius 1 is 1.47 bits per heavy atom. The second kappa shape index (κ2) is 5.63. The van der Waals surface area contributed by atoms with Crippen LogP contribution in [0.15, 0.2) is 12.4 Å². The van der Waals surface area contributed by atoms with Crippen molar-refractivity contribution in [1.82, 2.24) is 19.8 Å². The largest absolute Gasteiger partial charge is 0.338 e. The van der Waals surface area contributed by atoms with Crippen LogP contribution in [0.25, 0.3) is 0 Å². The molecular formula is C15H28N4. The minimum Gasteiger partial charge on any atom is -0.338 e. The van der Waals surface area contributed by atoms with E-state index < -0.39 is 0 Å². The van der Waals surface area contributed by atoms with Gasteiger partial charge < -0.3 is 9.88 Å². The van der Waals surface area contributed by atoms with Gasteiger partial charge in [-0.15, -0.1) is 0 Å². The van der Waals surface area contributed by atoms with E-state index in [-0.39, 0.29) is 5.54 Å². The van der Waals surface area contributed by atoms with E-state index in [4.69, 9.17) is 0 Å². The van der Waals surface area contributed by atoms with Gasteiger partial charge in [0.15, 0.2) is 0 Å². The van der Waals surface area contributed by atoms with Gasteiger partial charge in [-0.1, -0.05) is 13.8 Å². The molecule has 1 aromatic heterocycles. The Morgan fingerprint density at radius 3 is 2.79 bits per heavy atom. The van der Waals surface area contributed by atoms with Gasteiger partial charge in [-0.25, -0.2) is 4.98 Å². The summed E-state index contributed by atoms with van der Waals surface area (Å²) in [7, 11) is 2.07. The Balaban J connectivity index is 2.00. The Morgan fingerprint density at radius 2 is 2.21 bits per heavy atom. The normalized spacial score (nSPS) is 24.0. The van der Waals surface area contributed by atoms with Crippen LogP contribution in [0.2, 0.25) is 0 Å². The SMILES string of the molecule is CC(C)C1CNC(C)(C)CN1CCc1nccn1C. The molecule has 1 unspecified atom stereocenters. The molecule has 1 aliphatic rings. The highest BCUT2D eigenvalue weighted by molar-refractivity contribution is 4.96. The predicted octanol–water partition coefficient (Wildman–Crippen LogP) is 1.67. The van der Waals surface area contributed by atoms with E-state index in [9.17, 15) is 0 Å². The van der Waals surface area contributed by atoms with Gasteiger partial charge in [0.1, 0.15) is 5.82 Å². The van der Waals surface area contributed by atoms with Crippen LogP contribution in [0.3, 0.4) is 0 Å². The van der Waals surface area contributed by atoms with E-state index in [0.29, 0.717) is 12.0 Å². The lowest BCUT2D eigenvalue weighted by Gasteiger charge is -2.46. The van der Waals surface area contributed by atoms with Crippen molar-refractivity contribution in [2.75, 3.05) is 19.6 Å². The lowest BCUT2D eigenvalue weighted by Crippen LogP contribution is -2.63. The van der Waals surface area contributed by atoms with Gasteiger partial charge in [-0.2, -0.15) is 0 Å². The number of rotatable bonds is 4. The van der Waals surface area contributed by atoms with E-state index >= 15 is 0 Å². The molecule has 1 aliphatic heterocycles. The lowest BCUT2D eigenvalue weighted by atomic mass is 9.93. The minimum absolute atomic E-state index is 0.215. The van der Waals surface area contributed by atoms with Crippen LogP contribution in [0.5, 0.6) is 0 Å². The van der Waals surface area contributed by atoms with Crippen molar-refractivity contribution in [3.05, 3.63) is 18.2 Å². The molecule has 1 fully saturated rings. The smallest absolute Gasteiger partial charge is 0.109 e. The zero-order chi connectivity index (χ0) is 14.0. The van der Waals surface area contributed by atoms with E-state index in [0.717, 1.165) is 26.1 Å². The van der Waals surface area contributed by atoms with E-state index in [2.05, 4.69) is 54.5 Å². The van der Waals surface area contributed by atoms with Crippen LogP contribution in [0.1, 0.15) is 33.5 Å². The predicted molar refractivity (Wildman–Crippen MR) is 79.2 cm³/mol. The Kier molecular flexibility index (Phi) is 4.31. The molecule has 0 aliphatic carbocycles. The molecule has 2 rings (SSSR count). The summed E-state index contributed by atoms with van der Waals surface area (Å²) >= 11 is 0. The second-order valence-corrected chi connectivity index (χ2v) is 6.75. The molecule has 0 amide bonds. The topological polar surface area (TPSA) is 33.1 Å². The van der Waals surface area contributed by atoms with Crippen molar-refractivity contribution < 1.29 is 0 Å². The standard InChI is InChI=1S/C15H28N4/c1-12(2)13-10-17-15(3,4)11-19(13)8-6-14-16-7-9-18(14)5/h7,9,12-13,17H,6,8,10-11H2,1-5H3. The highest BCUT2D eigenvalue weighted by Gasteiger charge is 2.33. The number of nitrogens with zero attached hydrogens (tertiary/aromatic N) is 3. The molecule has 2 heterocycles. The third-order valence-corrected chi connectivity index (χ3v) is 4.17. The van der Waals surface area contributed by atoms with Crippen LogP contribution >= 0.6 is 0 Å². The van der Waals surface area contributed by atoms with Crippen molar-refractivity contribution in [3.8, 4) is 0 Å². The Hall–Kier alpha value is -0.870. The van der Waals surface area contributed by atoms with Crippen LogP contribution in [0.4, 0.5) is 0 Å². The summed E-state index contributed by atoms with van der Waals surface area (Å²) in [6.07, 6.45) is 4.94. The molecule has 4 heteroatoms. The third-order valence-electron chi connectivity index (χ3n) is 4.17. The van der Waals surface area contributed by atoms with Crippen molar-refractivity contribution in [3.63, 3.8) is 0 Å². The van der Waals surface area contributed by atoms with Crippen molar-refractivity contribution in [2.45, 2.75) is 45.7 Å². The molecule has 19 heavy (non-hydrogen) atoms. The van der Waals surface area contributed by atoms with Gasteiger partial charge in [0.25, 0.3) is 0 Å². The zero-order valence-electron chi connectivity index (χ0n) is 13.0. The molecule has 1 atom stereocenters. The molecule has 4 nitrogen and oxygen atoms in total. The third kappa shape index (κ3) is 3.57. The molecule has 0 bridgehead atoms. The van der Waals surface area contributed by atoms with Crippen LogP contribution in [-0.2, 0) is 13.5 Å². The monoisotopic (exact) mass is 264 g/mol. The fraction of sp³-hybridized carbons (Fsp3) is 0.800. The maximum Gasteiger partial charge on any atom is 0.109 e. The molecule has 108 valence electrons. The quantitative estimate of drug-likeness (QED) is 0.898. The van der Waals surface area contributed by atoms with Crippen LogP contribution in [0, 0.1) is 5.92 Å². The number of nitrogens with one attached hydrogen (secondary N) is 1. The van der Waals surface area contributed by atoms with E-state index in [1.165, 1.54) is 5.82 Å². The van der Waals surface area contributed by atoms with Crippen LogP contribution in [-0.4, -0.2) is 45.7 Å². The summed E-state index contributed by atoms with van der Waals surface area (Å²) in [5, 5.41) is 3.66. The fourth-order valence-corrected chi connectivity index (χ4v) is 2.97. The summed E-state index contributed by atoms with van der Waals surface area (Å²) in [5.41, 5.74) is 0.215. The highest BCUT2D eigenvalue weighted by atomic mass is 15.3. The Bertz CT molecular complexity index is 408. The number of piperazine rings is 1. The van der Waals surface area contributed by atoms with Crippen LogP contribution < -0.4 is 5.32 Å². The second-order valence-electron chi connectivity index (χ2n) is 6.75. The first-order valence-corrected chi connectivity index (χ1v) is 7.34. The van der Waals surface area contributed by atoms with Crippen molar-refractivity contribution in [2.24, 2.45) is 13.0 Å². The first kappa shape index (κ1) is 14.5. The van der Waals surface area contributed by atoms with Gasteiger partial charge in [-0.05, 0) is 19.8 Å². The first-order chi connectivity index (χ1) is 8.89. The van der Waals surface area contributed by atoms with E-state index in [1.54, 1.807) is 0 Å². The molecule has 1 N–H and O–H groups in total. The molecule has 0 aromatic carbocycles. The average Bonchev–Trinajstić information content (AvgIpc) is 2.70. The maximum absolute atomic E-state index is 4.43. The van der Waals surface area contributed by atoms with Gasteiger partial charge in [0, 0.05) is 57.1 Å². The van der Waals surface area contributed by atoms with E-state index in [1.807, 2.05) is 12.4 Å². The number of hydrogen-bond acceptors (Lipinski definition) is 3. The molecule has 1 saturated heterocycles. The van der Waals surface area contributed by atoms with Gasteiger partial charge >= 0.3 is 0 Å². The summed E-state index contributed by atoms with van der Waals surface area (Å²) < 4.78 is 2.12. The summed E-state index contributed by atoms with van der Waals surface area (Å²) in [4.78, 5) is 7.06. The van der Waals surface area contributed by atoms with Crippen molar-refractivity contribution in [1.29, 1.82) is 0 Å². The number of aromatic nitrogens is 2.